The maximum atomic E-state index is 13.8. The van der Waals surface area contributed by atoms with Crippen LogP contribution in [0.15, 0.2) is 23.2 Å². The number of ketones is 1. The van der Waals surface area contributed by atoms with Crippen molar-refractivity contribution in [2.24, 2.45) is 4.99 Å². The molecule has 10 heteroatoms. The minimum atomic E-state index is -0.230. The largest absolute Gasteiger partial charge is 0.355 e. The highest BCUT2D eigenvalue weighted by Crippen LogP contribution is 2.41. The van der Waals surface area contributed by atoms with E-state index < -0.39 is 0 Å². The summed E-state index contributed by atoms with van der Waals surface area (Å²) in [5.41, 5.74) is 9.84. The van der Waals surface area contributed by atoms with E-state index in [1.807, 2.05) is 32.0 Å². The van der Waals surface area contributed by atoms with Gasteiger partial charge in [0.05, 0.1) is 28.3 Å². The Kier molecular flexibility index (Phi) is 9.79. The molecule has 0 radical (unpaired) electrons. The molecule has 2 aliphatic heterocycles. The first-order valence-corrected chi connectivity index (χ1v) is 16.5. The number of aromatic nitrogens is 4. The van der Waals surface area contributed by atoms with Gasteiger partial charge in [0.1, 0.15) is 6.29 Å². The number of thiocarbonyl (C=S) groups is 1. The molecule has 8 bridgehead atoms. The maximum Gasteiger partial charge on any atom is 0.253 e. The Bertz CT molecular complexity index is 1930. The van der Waals surface area contributed by atoms with Gasteiger partial charge < -0.3 is 20.1 Å². The van der Waals surface area contributed by atoms with Crippen molar-refractivity contribution in [1.82, 2.24) is 25.3 Å². The number of Topliss-reactive ketones (excluding diaryl/α,β-unsaturated/α-hetero) is 1. The summed E-state index contributed by atoms with van der Waals surface area (Å²) in [5, 5.41) is 5.39. The van der Waals surface area contributed by atoms with Crippen LogP contribution in [0.25, 0.3) is 22.1 Å². The monoisotopic (exact) mass is 638 g/mol. The molecule has 3 aromatic heterocycles. The molecule has 0 aliphatic carbocycles. The second kappa shape index (κ2) is 13.6. The van der Waals surface area contributed by atoms with Crippen LogP contribution in [0.1, 0.15) is 131 Å². The number of carbonyl (C=O) groups excluding carboxylic acids is 3. The summed E-state index contributed by atoms with van der Waals surface area (Å²) in [7, 11) is 0. The van der Waals surface area contributed by atoms with Crippen LogP contribution in [0.4, 0.5) is 0 Å². The maximum absolute atomic E-state index is 13.8. The van der Waals surface area contributed by atoms with Crippen molar-refractivity contribution in [1.29, 1.82) is 0 Å². The number of amides is 1. The number of nitrogens with zero attached hydrogens (tertiary/aromatic N) is 3. The lowest BCUT2D eigenvalue weighted by Gasteiger charge is -2.12. The standard InChI is InChI=1S/C36H42N6O3S/c1-8-24-20(4)27-16-31-32(23(7)44)21(5)28(40-31)14-26-18(2)19(3)34(41-26)25(10-13-43)35-33(36(45)38-12-9-11-37-17-46)22(6)29(42-35)15-30(24)39-27/h13-16,18-20,24,40,42H,8-12H2,1-7H3,(H,38,45)/t18-,19?,20+,24+/m0/s1. The van der Waals surface area contributed by atoms with Crippen LogP contribution in [0, 0.1) is 13.8 Å². The van der Waals surface area contributed by atoms with Crippen LogP contribution in [0.2, 0.25) is 0 Å². The van der Waals surface area contributed by atoms with E-state index in [4.69, 9.17) is 9.97 Å². The first-order valence-electron chi connectivity index (χ1n) is 16.0. The van der Waals surface area contributed by atoms with Crippen LogP contribution in [0.5, 0.6) is 0 Å². The fraction of sp³-hybridized carbons (Fsp3) is 0.444. The molecular formula is C36H42N6O3S. The van der Waals surface area contributed by atoms with Crippen LogP contribution in [-0.2, 0) is 11.2 Å². The molecule has 1 unspecified atom stereocenters. The second-order valence-electron chi connectivity index (χ2n) is 12.6. The van der Waals surface area contributed by atoms with Crippen LogP contribution in [-0.4, -0.2) is 56.2 Å². The van der Waals surface area contributed by atoms with Crippen molar-refractivity contribution in [2.75, 3.05) is 13.1 Å². The average Bonchev–Trinajstić information content (AvgIpc) is 3.69. The van der Waals surface area contributed by atoms with Crippen molar-refractivity contribution in [3.05, 3.63) is 68.8 Å². The van der Waals surface area contributed by atoms with E-state index in [9.17, 15) is 14.4 Å². The Morgan fingerprint density at radius 1 is 0.957 bits per heavy atom. The number of aldehydes is 1. The average molecular weight is 639 g/mol. The predicted octanol–water partition coefficient (Wildman–Crippen LogP) is 7.30. The minimum absolute atomic E-state index is 0.0123. The number of isothiocyanates is 1. The van der Waals surface area contributed by atoms with Gasteiger partial charge >= 0.3 is 0 Å². The lowest BCUT2D eigenvalue weighted by Crippen LogP contribution is -2.25. The number of aromatic amines is 2. The highest BCUT2D eigenvalue weighted by Gasteiger charge is 2.31. The molecule has 0 fully saturated rings. The van der Waals surface area contributed by atoms with Gasteiger partial charge in [-0.1, -0.05) is 27.7 Å². The highest BCUT2D eigenvalue weighted by atomic mass is 32.1. The molecule has 1 amide bonds. The van der Waals surface area contributed by atoms with E-state index in [-0.39, 0.29) is 41.8 Å². The lowest BCUT2D eigenvalue weighted by atomic mass is 9.89. The topological polar surface area (TPSA) is 133 Å². The van der Waals surface area contributed by atoms with E-state index in [1.165, 1.54) is 0 Å². The third-order valence-electron chi connectivity index (χ3n) is 9.80. The van der Waals surface area contributed by atoms with Gasteiger partial charge in [-0.3, -0.25) is 19.6 Å². The molecule has 5 heterocycles. The number of carbonyl (C=O) groups is 3. The Morgan fingerprint density at radius 3 is 2.28 bits per heavy atom. The zero-order valence-corrected chi connectivity index (χ0v) is 28.4. The summed E-state index contributed by atoms with van der Waals surface area (Å²) < 4.78 is 0. The van der Waals surface area contributed by atoms with Crippen molar-refractivity contribution in [3.63, 3.8) is 0 Å². The smallest absolute Gasteiger partial charge is 0.253 e. The molecule has 4 atom stereocenters. The molecule has 0 saturated heterocycles. The van der Waals surface area contributed by atoms with Gasteiger partial charge in [0, 0.05) is 81.6 Å². The number of fused-ring (bicyclic) bond motifs is 8. The van der Waals surface area contributed by atoms with Gasteiger partial charge in [0.25, 0.3) is 5.91 Å². The van der Waals surface area contributed by atoms with Crippen LogP contribution < -0.4 is 5.32 Å². The summed E-state index contributed by atoms with van der Waals surface area (Å²) in [6, 6.07) is 6.06. The van der Waals surface area contributed by atoms with Crippen molar-refractivity contribution >= 4 is 57.4 Å². The predicted molar refractivity (Wildman–Crippen MR) is 185 cm³/mol. The normalized spacial score (nSPS) is 19.0. The minimum Gasteiger partial charge on any atom is -0.355 e. The van der Waals surface area contributed by atoms with Crippen LogP contribution in [0.3, 0.4) is 0 Å². The number of aliphatic imine (C=N–C) groups is 1. The SMILES string of the molecule is CC[C@H]1c2cc3[nH]c(c(CC=O)c4nc(cc5[nH]c(cc(n2)[C@@H]1C)c(C(C)=O)c5C)[C@@H](C)C4C)c(C(=O)NCCCN=C=S)c3C. The molecule has 0 saturated carbocycles. The molecule has 5 rings (SSSR count). The fourth-order valence-corrected chi connectivity index (χ4v) is 7.06. The summed E-state index contributed by atoms with van der Waals surface area (Å²) in [5.74, 6) is 0.0273. The molecule has 9 nitrogen and oxygen atoms in total. The van der Waals surface area contributed by atoms with Crippen molar-refractivity contribution in [2.45, 2.75) is 91.4 Å². The van der Waals surface area contributed by atoms with Gasteiger partial charge in [0.15, 0.2) is 5.78 Å². The Hall–Kier alpha value is -4.27. The van der Waals surface area contributed by atoms with Gasteiger partial charge in [-0.05, 0) is 75.2 Å². The zero-order chi connectivity index (χ0) is 33.3. The Morgan fingerprint density at radius 2 is 1.61 bits per heavy atom. The van der Waals surface area contributed by atoms with Crippen LogP contribution >= 0.6 is 12.2 Å². The Labute approximate surface area is 274 Å². The molecule has 3 N–H and O–H groups in total. The summed E-state index contributed by atoms with van der Waals surface area (Å²) in [6.07, 6.45) is 2.45. The first kappa shape index (κ1) is 33.1. The summed E-state index contributed by atoms with van der Waals surface area (Å²) in [4.78, 5) is 60.2. The number of hydrogen-bond donors (Lipinski definition) is 3. The summed E-state index contributed by atoms with van der Waals surface area (Å²) in [6.45, 7) is 14.9. The first-order chi connectivity index (χ1) is 22.0. The highest BCUT2D eigenvalue weighted by molar-refractivity contribution is 7.78. The van der Waals surface area contributed by atoms with E-state index in [0.717, 1.165) is 63.2 Å². The lowest BCUT2D eigenvalue weighted by molar-refractivity contribution is -0.107. The number of hydrogen-bond acceptors (Lipinski definition) is 7. The van der Waals surface area contributed by atoms with E-state index in [2.05, 4.69) is 65.4 Å². The third-order valence-corrected chi connectivity index (χ3v) is 9.93. The number of nitrogens with one attached hydrogen (secondary N) is 3. The van der Waals surface area contributed by atoms with E-state index in [1.54, 1.807) is 6.92 Å². The Balaban J connectivity index is 1.91. The zero-order valence-electron chi connectivity index (χ0n) is 27.6. The van der Waals surface area contributed by atoms with Gasteiger partial charge in [-0.25, -0.2) is 4.99 Å². The molecule has 0 aromatic carbocycles. The molecule has 2 aliphatic rings. The molecule has 3 aromatic rings. The van der Waals surface area contributed by atoms with Crippen molar-refractivity contribution < 1.29 is 14.4 Å². The number of rotatable bonds is 9. The number of H-pyrrole nitrogens is 2. The molecule has 240 valence electrons. The molecule has 46 heavy (non-hydrogen) atoms. The third kappa shape index (κ3) is 5.99. The number of aryl methyl sites for hydroxylation is 2. The summed E-state index contributed by atoms with van der Waals surface area (Å²) >= 11 is 4.66. The van der Waals surface area contributed by atoms with Gasteiger partial charge in [0.2, 0.25) is 0 Å². The fourth-order valence-electron chi connectivity index (χ4n) is 6.97. The van der Waals surface area contributed by atoms with E-state index >= 15 is 0 Å². The molecular weight excluding hydrogens is 597 g/mol. The van der Waals surface area contributed by atoms with Gasteiger partial charge in [-0.2, -0.15) is 0 Å². The molecule has 0 spiro atoms. The second-order valence-corrected chi connectivity index (χ2v) is 12.7. The quantitative estimate of drug-likeness (QED) is 0.0741. The van der Waals surface area contributed by atoms with E-state index in [0.29, 0.717) is 41.7 Å². The van der Waals surface area contributed by atoms with Gasteiger partial charge in [-0.15, -0.1) is 0 Å². The van der Waals surface area contributed by atoms with Crippen molar-refractivity contribution in [3.8, 4) is 0 Å².